The van der Waals surface area contributed by atoms with Gasteiger partial charge in [-0.1, -0.05) is 19.3 Å². The first-order valence-electron chi connectivity index (χ1n) is 9.50. The van der Waals surface area contributed by atoms with E-state index in [4.69, 9.17) is 0 Å². The van der Waals surface area contributed by atoms with E-state index in [1.165, 1.54) is 51.4 Å². The SMILES string of the molecule is CC(NC1CCC2(CCCC2)CC1)C1CC2CCC1C2. The zero-order chi connectivity index (χ0) is 13.6. The topological polar surface area (TPSA) is 12.0 Å². The fourth-order valence-electron chi connectivity index (χ4n) is 6.42. The van der Waals surface area contributed by atoms with Gasteiger partial charge >= 0.3 is 0 Å². The summed E-state index contributed by atoms with van der Waals surface area (Å²) < 4.78 is 0. The highest BCUT2D eigenvalue weighted by molar-refractivity contribution is 4.96. The molecule has 2 bridgehead atoms. The molecule has 4 saturated carbocycles. The van der Waals surface area contributed by atoms with Crippen LogP contribution >= 0.6 is 0 Å². The van der Waals surface area contributed by atoms with Crippen molar-refractivity contribution < 1.29 is 0 Å². The van der Waals surface area contributed by atoms with Gasteiger partial charge in [-0.15, -0.1) is 0 Å². The molecule has 0 amide bonds. The van der Waals surface area contributed by atoms with Gasteiger partial charge in [0.1, 0.15) is 0 Å². The van der Waals surface area contributed by atoms with Gasteiger partial charge in [-0.25, -0.2) is 0 Å². The lowest BCUT2D eigenvalue weighted by Crippen LogP contribution is -2.45. The maximum Gasteiger partial charge on any atom is 0.00723 e. The molecule has 20 heavy (non-hydrogen) atoms. The molecule has 0 heterocycles. The molecule has 1 N–H and O–H groups in total. The summed E-state index contributed by atoms with van der Waals surface area (Å²) in [5, 5.41) is 4.05. The van der Waals surface area contributed by atoms with Crippen LogP contribution in [0.3, 0.4) is 0 Å². The molecule has 1 spiro atoms. The Balaban J connectivity index is 1.28. The summed E-state index contributed by atoms with van der Waals surface area (Å²) in [6.45, 7) is 2.49. The fourth-order valence-corrected chi connectivity index (χ4v) is 6.42. The molecule has 0 aromatic carbocycles. The average Bonchev–Trinajstić information content (AvgIpc) is 3.18. The number of fused-ring (bicyclic) bond motifs is 2. The Labute approximate surface area is 125 Å². The molecule has 1 heteroatoms. The third kappa shape index (κ3) is 2.45. The number of nitrogens with one attached hydrogen (secondary N) is 1. The molecule has 4 aliphatic carbocycles. The molecule has 0 radical (unpaired) electrons. The van der Waals surface area contributed by atoms with Gasteiger partial charge in [0.2, 0.25) is 0 Å². The molecule has 4 aliphatic rings. The number of hydrogen-bond donors (Lipinski definition) is 1. The minimum Gasteiger partial charge on any atom is -0.311 e. The van der Waals surface area contributed by atoms with E-state index in [1.54, 1.807) is 25.7 Å². The molecule has 0 aliphatic heterocycles. The first-order valence-corrected chi connectivity index (χ1v) is 9.50. The van der Waals surface area contributed by atoms with Crippen LogP contribution in [0.4, 0.5) is 0 Å². The van der Waals surface area contributed by atoms with Gasteiger partial charge in [0, 0.05) is 12.1 Å². The van der Waals surface area contributed by atoms with Crippen LogP contribution in [0.15, 0.2) is 0 Å². The third-order valence-electron chi connectivity index (χ3n) is 7.64. The average molecular weight is 275 g/mol. The summed E-state index contributed by atoms with van der Waals surface area (Å²) in [6, 6.07) is 1.63. The van der Waals surface area contributed by atoms with E-state index in [-0.39, 0.29) is 0 Å². The van der Waals surface area contributed by atoms with Gasteiger partial charge in [0.25, 0.3) is 0 Å². The Kier molecular flexibility index (Phi) is 3.61. The van der Waals surface area contributed by atoms with E-state index < -0.39 is 0 Å². The van der Waals surface area contributed by atoms with Crippen LogP contribution in [0.25, 0.3) is 0 Å². The minimum absolute atomic E-state index is 0.785. The van der Waals surface area contributed by atoms with Crippen LogP contribution in [0.2, 0.25) is 0 Å². The van der Waals surface area contributed by atoms with Gasteiger partial charge in [-0.3, -0.25) is 0 Å². The first kappa shape index (κ1) is 13.6. The molecule has 4 atom stereocenters. The van der Waals surface area contributed by atoms with E-state index in [1.807, 2.05) is 0 Å². The van der Waals surface area contributed by atoms with Crippen molar-refractivity contribution in [3.8, 4) is 0 Å². The van der Waals surface area contributed by atoms with Crippen LogP contribution in [0.1, 0.15) is 84.0 Å². The molecule has 1 nitrogen and oxygen atoms in total. The Hall–Kier alpha value is -0.0400. The van der Waals surface area contributed by atoms with Crippen molar-refractivity contribution in [3.63, 3.8) is 0 Å². The van der Waals surface area contributed by atoms with Crippen molar-refractivity contribution in [1.82, 2.24) is 5.32 Å². The number of rotatable bonds is 3. The smallest absolute Gasteiger partial charge is 0.00723 e. The van der Waals surface area contributed by atoms with Crippen molar-refractivity contribution in [3.05, 3.63) is 0 Å². The molecule has 4 fully saturated rings. The van der Waals surface area contributed by atoms with Crippen LogP contribution in [0, 0.1) is 23.2 Å². The molecule has 0 aromatic rings. The minimum atomic E-state index is 0.785. The van der Waals surface area contributed by atoms with Crippen molar-refractivity contribution in [2.75, 3.05) is 0 Å². The van der Waals surface area contributed by atoms with Crippen molar-refractivity contribution in [2.24, 2.45) is 23.2 Å². The highest BCUT2D eigenvalue weighted by Gasteiger charge is 2.43. The van der Waals surface area contributed by atoms with Crippen molar-refractivity contribution in [2.45, 2.75) is 96.1 Å². The maximum absolute atomic E-state index is 4.05. The second-order valence-electron chi connectivity index (χ2n) is 8.78. The van der Waals surface area contributed by atoms with Gasteiger partial charge in [0.15, 0.2) is 0 Å². The van der Waals surface area contributed by atoms with Crippen LogP contribution in [-0.4, -0.2) is 12.1 Å². The normalized spacial score (nSPS) is 41.5. The maximum atomic E-state index is 4.05. The van der Waals surface area contributed by atoms with E-state index in [0.717, 1.165) is 35.3 Å². The lowest BCUT2D eigenvalue weighted by atomic mass is 9.71. The second-order valence-corrected chi connectivity index (χ2v) is 8.78. The number of hydrogen-bond acceptors (Lipinski definition) is 1. The Bertz CT molecular complexity index is 334. The first-order chi connectivity index (χ1) is 9.74. The predicted molar refractivity (Wildman–Crippen MR) is 84.7 cm³/mol. The van der Waals surface area contributed by atoms with E-state index in [0.29, 0.717) is 0 Å². The summed E-state index contributed by atoms with van der Waals surface area (Å²) in [4.78, 5) is 0. The molecule has 114 valence electrons. The standard InChI is InChI=1S/C19H33N/c1-14(18-13-15-4-5-16(18)12-15)20-17-6-10-19(11-7-17)8-2-3-9-19/h14-18,20H,2-13H2,1H3. The summed E-state index contributed by atoms with van der Waals surface area (Å²) in [5.74, 6) is 3.19. The zero-order valence-corrected chi connectivity index (χ0v) is 13.4. The monoisotopic (exact) mass is 275 g/mol. The van der Waals surface area contributed by atoms with Gasteiger partial charge < -0.3 is 5.32 Å². The quantitative estimate of drug-likeness (QED) is 0.772. The van der Waals surface area contributed by atoms with Crippen LogP contribution in [0.5, 0.6) is 0 Å². The Morgan fingerprint density at radius 3 is 2.25 bits per heavy atom. The lowest BCUT2D eigenvalue weighted by molar-refractivity contribution is 0.150. The van der Waals surface area contributed by atoms with E-state index >= 15 is 0 Å². The van der Waals surface area contributed by atoms with Crippen LogP contribution in [-0.2, 0) is 0 Å². The van der Waals surface area contributed by atoms with Gasteiger partial charge in [-0.2, -0.15) is 0 Å². The van der Waals surface area contributed by atoms with Gasteiger partial charge in [-0.05, 0) is 87.9 Å². The fraction of sp³-hybridized carbons (Fsp3) is 1.00. The van der Waals surface area contributed by atoms with Crippen LogP contribution < -0.4 is 5.32 Å². The van der Waals surface area contributed by atoms with E-state index in [2.05, 4.69) is 12.2 Å². The van der Waals surface area contributed by atoms with Crippen molar-refractivity contribution in [1.29, 1.82) is 0 Å². The van der Waals surface area contributed by atoms with Gasteiger partial charge in [0.05, 0.1) is 0 Å². The molecule has 0 aromatic heterocycles. The van der Waals surface area contributed by atoms with Crippen molar-refractivity contribution >= 4 is 0 Å². The highest BCUT2D eigenvalue weighted by Crippen LogP contribution is 2.51. The highest BCUT2D eigenvalue weighted by atomic mass is 15.0. The molecular formula is C19H33N. The molecule has 4 unspecified atom stereocenters. The zero-order valence-electron chi connectivity index (χ0n) is 13.4. The molecular weight excluding hydrogens is 242 g/mol. The largest absolute Gasteiger partial charge is 0.311 e. The third-order valence-corrected chi connectivity index (χ3v) is 7.64. The summed E-state index contributed by atoms with van der Waals surface area (Å²) >= 11 is 0. The summed E-state index contributed by atoms with van der Waals surface area (Å²) in [5.41, 5.74) is 0.799. The lowest BCUT2D eigenvalue weighted by Gasteiger charge is -2.40. The molecule has 4 rings (SSSR count). The Morgan fingerprint density at radius 2 is 1.65 bits per heavy atom. The van der Waals surface area contributed by atoms with E-state index in [9.17, 15) is 0 Å². The Morgan fingerprint density at radius 1 is 0.900 bits per heavy atom. The second kappa shape index (κ2) is 5.30. The summed E-state index contributed by atoms with van der Waals surface area (Å²) in [6.07, 6.45) is 18.3. The summed E-state index contributed by atoms with van der Waals surface area (Å²) in [7, 11) is 0. The molecule has 0 saturated heterocycles. The predicted octanol–water partition coefficient (Wildman–Crippen LogP) is 4.90.